The number of likely N-dealkylation sites (tertiary alicyclic amines) is 1. The molecule has 2 heterocycles. The lowest BCUT2D eigenvalue weighted by atomic mass is 9.95. The van der Waals surface area contributed by atoms with Crippen molar-refractivity contribution in [3.8, 4) is 0 Å². The van der Waals surface area contributed by atoms with E-state index in [0.717, 1.165) is 18.5 Å². The summed E-state index contributed by atoms with van der Waals surface area (Å²) in [5.41, 5.74) is 1.38. The monoisotopic (exact) mass is 301 g/mol. The second-order valence-corrected chi connectivity index (χ2v) is 6.76. The number of pyridine rings is 1. The number of aryl methyl sites for hydroxylation is 1. The second kappa shape index (κ2) is 7.23. The van der Waals surface area contributed by atoms with Crippen LogP contribution in [-0.4, -0.2) is 41.0 Å². The van der Waals surface area contributed by atoms with Gasteiger partial charge in [-0.3, -0.25) is 14.7 Å². The van der Waals surface area contributed by atoms with E-state index in [4.69, 9.17) is 0 Å². The molecule has 22 heavy (non-hydrogen) atoms. The molecule has 2 aliphatic rings. The van der Waals surface area contributed by atoms with Gasteiger partial charge in [-0.25, -0.2) is 0 Å². The van der Waals surface area contributed by atoms with Gasteiger partial charge < -0.3 is 5.32 Å². The van der Waals surface area contributed by atoms with Crippen LogP contribution in [0.1, 0.15) is 50.5 Å². The van der Waals surface area contributed by atoms with Gasteiger partial charge in [-0.1, -0.05) is 18.9 Å². The van der Waals surface area contributed by atoms with Crippen LogP contribution in [0.3, 0.4) is 0 Å². The Morgan fingerprint density at radius 1 is 1.23 bits per heavy atom. The summed E-state index contributed by atoms with van der Waals surface area (Å²) in [5.74, 6) is 0.175. The lowest BCUT2D eigenvalue weighted by molar-refractivity contribution is -0.121. The molecule has 1 aliphatic heterocycles. The number of amides is 1. The topological polar surface area (TPSA) is 45.2 Å². The van der Waals surface area contributed by atoms with Crippen LogP contribution in [0.2, 0.25) is 0 Å². The Balaban J connectivity index is 1.48. The fourth-order valence-corrected chi connectivity index (χ4v) is 3.98. The predicted octanol–water partition coefficient (Wildman–Crippen LogP) is 2.54. The summed E-state index contributed by atoms with van der Waals surface area (Å²) in [6.45, 7) is 3.26. The standard InChI is InChI=1S/C18H27N3O/c22-17(8-7-16-6-5-11-19-14-16)20-15-18(9-1-2-10-18)21-12-3-4-13-21/h5-6,11,14H,1-4,7-10,12-13,15H2,(H,20,22). The number of hydrogen-bond donors (Lipinski definition) is 1. The van der Waals surface area contributed by atoms with Crippen molar-refractivity contribution in [3.05, 3.63) is 30.1 Å². The number of hydrogen-bond acceptors (Lipinski definition) is 3. The summed E-state index contributed by atoms with van der Waals surface area (Å²) < 4.78 is 0. The third-order valence-electron chi connectivity index (χ3n) is 5.29. The van der Waals surface area contributed by atoms with Crippen molar-refractivity contribution in [2.24, 2.45) is 0 Å². The summed E-state index contributed by atoms with van der Waals surface area (Å²) >= 11 is 0. The fraction of sp³-hybridized carbons (Fsp3) is 0.667. The van der Waals surface area contributed by atoms with Crippen molar-refractivity contribution >= 4 is 5.91 Å². The van der Waals surface area contributed by atoms with Gasteiger partial charge in [0, 0.05) is 30.9 Å². The third kappa shape index (κ3) is 3.67. The zero-order chi connectivity index (χ0) is 15.3. The number of nitrogens with one attached hydrogen (secondary N) is 1. The Labute approximate surface area is 133 Å². The molecule has 4 nitrogen and oxygen atoms in total. The zero-order valence-corrected chi connectivity index (χ0v) is 13.4. The first-order valence-electron chi connectivity index (χ1n) is 8.69. The molecule has 1 amide bonds. The molecular formula is C18H27N3O. The molecule has 1 saturated heterocycles. The maximum Gasteiger partial charge on any atom is 0.220 e. The van der Waals surface area contributed by atoms with Crippen molar-refractivity contribution in [2.45, 2.75) is 56.9 Å². The van der Waals surface area contributed by atoms with Crippen molar-refractivity contribution in [3.63, 3.8) is 0 Å². The highest BCUT2D eigenvalue weighted by atomic mass is 16.1. The van der Waals surface area contributed by atoms with Gasteiger partial charge in [0.2, 0.25) is 5.91 Å². The van der Waals surface area contributed by atoms with Crippen LogP contribution in [-0.2, 0) is 11.2 Å². The molecule has 0 unspecified atom stereocenters. The lowest BCUT2D eigenvalue weighted by Crippen LogP contribution is -2.53. The molecule has 0 spiro atoms. The predicted molar refractivity (Wildman–Crippen MR) is 87.6 cm³/mol. The number of nitrogens with zero attached hydrogens (tertiary/aromatic N) is 2. The molecule has 0 aromatic carbocycles. The van der Waals surface area contributed by atoms with Crippen LogP contribution in [0.15, 0.2) is 24.5 Å². The number of carbonyl (C=O) groups excluding carboxylic acids is 1. The van der Waals surface area contributed by atoms with Crippen LogP contribution in [0.5, 0.6) is 0 Å². The number of rotatable bonds is 6. The summed E-state index contributed by atoms with van der Waals surface area (Å²) in [7, 11) is 0. The normalized spacial score (nSPS) is 21.1. The Kier molecular flexibility index (Phi) is 5.08. The van der Waals surface area contributed by atoms with E-state index in [9.17, 15) is 4.79 Å². The van der Waals surface area contributed by atoms with Gasteiger partial charge in [-0.2, -0.15) is 0 Å². The quantitative estimate of drug-likeness (QED) is 0.878. The molecule has 0 atom stereocenters. The molecule has 2 fully saturated rings. The van der Waals surface area contributed by atoms with Crippen molar-refractivity contribution in [1.82, 2.24) is 15.2 Å². The van der Waals surface area contributed by atoms with Crippen LogP contribution in [0, 0.1) is 0 Å². The first kappa shape index (κ1) is 15.5. The minimum atomic E-state index is 0.175. The van der Waals surface area contributed by atoms with E-state index in [1.165, 1.54) is 51.6 Å². The van der Waals surface area contributed by atoms with E-state index in [2.05, 4.69) is 15.2 Å². The minimum Gasteiger partial charge on any atom is -0.354 e. The third-order valence-corrected chi connectivity index (χ3v) is 5.29. The van der Waals surface area contributed by atoms with Crippen LogP contribution in [0.25, 0.3) is 0 Å². The van der Waals surface area contributed by atoms with Gasteiger partial charge in [0.05, 0.1) is 0 Å². The number of carbonyl (C=O) groups is 1. The molecule has 120 valence electrons. The van der Waals surface area contributed by atoms with E-state index >= 15 is 0 Å². The Bertz CT molecular complexity index is 476. The van der Waals surface area contributed by atoms with Crippen molar-refractivity contribution in [2.75, 3.05) is 19.6 Å². The van der Waals surface area contributed by atoms with E-state index in [0.29, 0.717) is 6.42 Å². The van der Waals surface area contributed by atoms with E-state index in [1.807, 2.05) is 18.3 Å². The summed E-state index contributed by atoms with van der Waals surface area (Å²) in [5, 5.41) is 3.21. The first-order chi connectivity index (χ1) is 10.8. The highest BCUT2D eigenvalue weighted by Crippen LogP contribution is 2.36. The van der Waals surface area contributed by atoms with Gasteiger partial charge in [-0.15, -0.1) is 0 Å². The van der Waals surface area contributed by atoms with Crippen molar-refractivity contribution in [1.29, 1.82) is 0 Å². The van der Waals surface area contributed by atoms with E-state index in [1.54, 1.807) is 6.20 Å². The van der Waals surface area contributed by atoms with Gasteiger partial charge >= 0.3 is 0 Å². The number of aromatic nitrogens is 1. The molecule has 3 rings (SSSR count). The summed E-state index contributed by atoms with van der Waals surface area (Å²) in [6, 6.07) is 3.96. The molecular weight excluding hydrogens is 274 g/mol. The molecule has 1 aromatic heterocycles. The highest BCUT2D eigenvalue weighted by Gasteiger charge is 2.40. The van der Waals surface area contributed by atoms with E-state index in [-0.39, 0.29) is 11.4 Å². The molecule has 1 aromatic rings. The van der Waals surface area contributed by atoms with Gasteiger partial charge in [-0.05, 0) is 56.8 Å². The minimum absolute atomic E-state index is 0.175. The average molecular weight is 301 g/mol. The molecule has 0 bridgehead atoms. The molecule has 1 aliphatic carbocycles. The van der Waals surface area contributed by atoms with Crippen LogP contribution >= 0.6 is 0 Å². The summed E-state index contributed by atoms with van der Waals surface area (Å²) in [4.78, 5) is 18.9. The SMILES string of the molecule is O=C(CCc1cccnc1)NCC1(N2CCCC2)CCCC1. The van der Waals surface area contributed by atoms with E-state index < -0.39 is 0 Å². The smallest absolute Gasteiger partial charge is 0.220 e. The molecule has 4 heteroatoms. The molecule has 1 N–H and O–H groups in total. The lowest BCUT2D eigenvalue weighted by Gasteiger charge is -2.39. The van der Waals surface area contributed by atoms with Gasteiger partial charge in [0.1, 0.15) is 0 Å². The zero-order valence-electron chi connectivity index (χ0n) is 13.4. The maximum absolute atomic E-state index is 12.2. The Morgan fingerprint density at radius 3 is 2.68 bits per heavy atom. The van der Waals surface area contributed by atoms with Crippen LogP contribution in [0.4, 0.5) is 0 Å². The largest absolute Gasteiger partial charge is 0.354 e. The van der Waals surface area contributed by atoms with Gasteiger partial charge in [0.25, 0.3) is 0 Å². The first-order valence-corrected chi connectivity index (χ1v) is 8.69. The highest BCUT2D eigenvalue weighted by molar-refractivity contribution is 5.76. The average Bonchev–Trinajstić information content (AvgIpc) is 3.24. The van der Waals surface area contributed by atoms with Crippen molar-refractivity contribution < 1.29 is 4.79 Å². The Morgan fingerprint density at radius 2 is 2.00 bits per heavy atom. The fourth-order valence-electron chi connectivity index (χ4n) is 3.98. The second-order valence-electron chi connectivity index (χ2n) is 6.76. The Hall–Kier alpha value is -1.42. The maximum atomic E-state index is 12.2. The van der Waals surface area contributed by atoms with Crippen LogP contribution < -0.4 is 5.32 Å². The summed E-state index contributed by atoms with van der Waals surface area (Å²) in [6.07, 6.45) is 12.7. The molecule has 1 saturated carbocycles. The molecule has 0 radical (unpaired) electrons. The van der Waals surface area contributed by atoms with Gasteiger partial charge in [0.15, 0.2) is 0 Å².